The number of H-pyrrole nitrogens is 1. The number of aryl methyl sites for hydroxylation is 2. The summed E-state index contributed by atoms with van der Waals surface area (Å²) in [4.78, 5) is 13.4. The number of hydrogen-bond donors (Lipinski definition) is 2. The summed E-state index contributed by atoms with van der Waals surface area (Å²) in [5.41, 5.74) is 7.73. The second kappa shape index (κ2) is 2.17. The highest BCUT2D eigenvalue weighted by atomic mass is 16.1. The molecule has 0 aliphatic rings. The van der Waals surface area contributed by atoms with E-state index in [1.807, 2.05) is 6.92 Å². The summed E-state index contributed by atoms with van der Waals surface area (Å²) in [5.74, 6) is 0. The Hall–Kier alpha value is -1.25. The molecule has 3 nitrogen and oxygen atoms in total. The van der Waals surface area contributed by atoms with Crippen molar-refractivity contribution in [2.75, 3.05) is 5.73 Å². The van der Waals surface area contributed by atoms with Gasteiger partial charge >= 0.3 is 0 Å². The van der Waals surface area contributed by atoms with Gasteiger partial charge in [0.1, 0.15) is 0 Å². The predicted molar refractivity (Wildman–Crippen MR) is 40.9 cm³/mol. The predicted octanol–water partition coefficient (Wildman–Crippen LogP) is 0.574. The summed E-state index contributed by atoms with van der Waals surface area (Å²) in [5, 5.41) is 0. The quantitative estimate of drug-likeness (QED) is 0.550. The summed E-state index contributed by atoms with van der Waals surface area (Å²) in [6, 6.07) is 1.49. The highest BCUT2D eigenvalue weighted by Crippen LogP contribution is 2.08. The minimum atomic E-state index is -0.0933. The third-order valence-electron chi connectivity index (χ3n) is 1.49. The maximum absolute atomic E-state index is 10.8. The van der Waals surface area contributed by atoms with Crippen LogP contribution in [0.15, 0.2) is 10.9 Å². The van der Waals surface area contributed by atoms with Gasteiger partial charge < -0.3 is 10.7 Å². The van der Waals surface area contributed by atoms with Crippen LogP contribution in [0.5, 0.6) is 0 Å². The van der Waals surface area contributed by atoms with E-state index in [1.165, 1.54) is 6.07 Å². The first kappa shape index (κ1) is 6.86. The fourth-order valence-corrected chi connectivity index (χ4v) is 0.858. The lowest BCUT2D eigenvalue weighted by Crippen LogP contribution is -2.09. The molecule has 0 aliphatic carbocycles. The zero-order valence-corrected chi connectivity index (χ0v) is 6.06. The first-order valence-corrected chi connectivity index (χ1v) is 3.07. The van der Waals surface area contributed by atoms with Gasteiger partial charge in [-0.1, -0.05) is 0 Å². The molecule has 0 fully saturated rings. The van der Waals surface area contributed by atoms with Crippen LogP contribution < -0.4 is 11.3 Å². The van der Waals surface area contributed by atoms with Crippen LogP contribution >= 0.6 is 0 Å². The molecule has 0 saturated heterocycles. The summed E-state index contributed by atoms with van der Waals surface area (Å²) < 4.78 is 0. The summed E-state index contributed by atoms with van der Waals surface area (Å²) in [6.45, 7) is 3.60. The molecule has 3 N–H and O–H groups in total. The Balaban J connectivity index is 3.46. The zero-order valence-electron chi connectivity index (χ0n) is 6.06. The topological polar surface area (TPSA) is 58.9 Å². The molecular weight excluding hydrogens is 128 g/mol. The van der Waals surface area contributed by atoms with Crippen molar-refractivity contribution < 1.29 is 0 Å². The number of rotatable bonds is 0. The number of aromatic nitrogens is 1. The van der Waals surface area contributed by atoms with Gasteiger partial charge in [-0.2, -0.15) is 0 Å². The molecule has 1 aromatic heterocycles. The lowest BCUT2D eigenvalue weighted by Gasteiger charge is -2.00. The molecule has 0 spiro atoms. The van der Waals surface area contributed by atoms with Crippen LogP contribution in [0.2, 0.25) is 0 Å². The van der Waals surface area contributed by atoms with Gasteiger partial charge in [-0.3, -0.25) is 4.79 Å². The molecule has 0 atom stereocenters. The molecule has 1 heterocycles. The van der Waals surface area contributed by atoms with E-state index in [-0.39, 0.29) is 5.56 Å². The number of nitrogens with one attached hydrogen (secondary N) is 1. The average molecular weight is 138 g/mol. The van der Waals surface area contributed by atoms with Crippen LogP contribution in [0.1, 0.15) is 11.3 Å². The molecule has 0 aliphatic heterocycles. The molecular formula is C7H10N2O. The van der Waals surface area contributed by atoms with E-state index in [1.54, 1.807) is 6.92 Å². The van der Waals surface area contributed by atoms with Crippen molar-refractivity contribution in [2.45, 2.75) is 13.8 Å². The third kappa shape index (κ3) is 1.03. The van der Waals surface area contributed by atoms with Crippen molar-refractivity contribution >= 4 is 5.69 Å². The lowest BCUT2D eigenvalue weighted by molar-refractivity contribution is 1.13. The van der Waals surface area contributed by atoms with Gasteiger partial charge in [-0.15, -0.1) is 0 Å². The molecule has 10 heavy (non-hydrogen) atoms. The standard InChI is InChI=1S/C7H10N2O/c1-4-3-6(10)9-5(2)7(4)8/h3H,8H2,1-2H3,(H,9,10). The molecule has 0 bridgehead atoms. The lowest BCUT2D eigenvalue weighted by atomic mass is 10.2. The van der Waals surface area contributed by atoms with Gasteiger partial charge in [0.05, 0.1) is 5.69 Å². The van der Waals surface area contributed by atoms with E-state index < -0.39 is 0 Å². The van der Waals surface area contributed by atoms with Gasteiger partial charge in [-0.25, -0.2) is 0 Å². The Labute approximate surface area is 58.9 Å². The third-order valence-corrected chi connectivity index (χ3v) is 1.49. The second-order valence-corrected chi connectivity index (χ2v) is 2.36. The highest BCUT2D eigenvalue weighted by Gasteiger charge is 1.97. The maximum Gasteiger partial charge on any atom is 0.248 e. The fourth-order valence-electron chi connectivity index (χ4n) is 0.858. The Morgan fingerprint density at radius 1 is 1.50 bits per heavy atom. The SMILES string of the molecule is Cc1cc(=O)[nH]c(C)c1N. The van der Waals surface area contributed by atoms with Crippen LogP contribution in [0.25, 0.3) is 0 Å². The number of hydrogen-bond acceptors (Lipinski definition) is 2. The van der Waals surface area contributed by atoms with Crippen molar-refractivity contribution in [2.24, 2.45) is 0 Å². The molecule has 0 aromatic carbocycles. The maximum atomic E-state index is 10.8. The van der Waals surface area contributed by atoms with Crippen LogP contribution in [0, 0.1) is 13.8 Å². The highest BCUT2D eigenvalue weighted by molar-refractivity contribution is 5.48. The molecule has 1 rings (SSSR count). The van der Waals surface area contributed by atoms with Crippen LogP contribution in [-0.2, 0) is 0 Å². The second-order valence-electron chi connectivity index (χ2n) is 2.36. The largest absolute Gasteiger partial charge is 0.397 e. The number of nitrogens with two attached hydrogens (primary N) is 1. The number of anilines is 1. The van der Waals surface area contributed by atoms with Crippen LogP contribution in [0.4, 0.5) is 5.69 Å². The number of aromatic amines is 1. The monoisotopic (exact) mass is 138 g/mol. The van der Waals surface area contributed by atoms with E-state index >= 15 is 0 Å². The van der Waals surface area contributed by atoms with E-state index in [2.05, 4.69) is 4.98 Å². The van der Waals surface area contributed by atoms with Gasteiger partial charge in [0.15, 0.2) is 0 Å². The van der Waals surface area contributed by atoms with E-state index in [0.717, 1.165) is 11.3 Å². The molecule has 0 amide bonds. The minimum absolute atomic E-state index is 0.0933. The van der Waals surface area contributed by atoms with Gasteiger partial charge in [0, 0.05) is 11.8 Å². The first-order valence-electron chi connectivity index (χ1n) is 3.07. The smallest absolute Gasteiger partial charge is 0.248 e. The molecule has 54 valence electrons. The molecule has 1 aromatic rings. The fraction of sp³-hybridized carbons (Fsp3) is 0.286. The normalized spacial score (nSPS) is 9.80. The molecule has 0 saturated carbocycles. The summed E-state index contributed by atoms with van der Waals surface area (Å²) in [7, 11) is 0. The van der Waals surface area contributed by atoms with Crippen molar-refractivity contribution in [3.63, 3.8) is 0 Å². The molecule has 0 unspecified atom stereocenters. The first-order chi connectivity index (χ1) is 4.61. The number of nitrogen functional groups attached to an aromatic ring is 1. The Morgan fingerprint density at radius 3 is 2.60 bits per heavy atom. The van der Waals surface area contributed by atoms with Crippen LogP contribution in [-0.4, -0.2) is 4.98 Å². The Bertz CT molecular complexity index is 275. The van der Waals surface area contributed by atoms with Gasteiger partial charge in [0.25, 0.3) is 0 Å². The van der Waals surface area contributed by atoms with Crippen molar-refractivity contribution in [3.05, 3.63) is 27.7 Å². The molecule has 3 heteroatoms. The van der Waals surface area contributed by atoms with E-state index in [0.29, 0.717) is 5.69 Å². The molecule has 0 radical (unpaired) electrons. The van der Waals surface area contributed by atoms with Gasteiger partial charge in [-0.05, 0) is 19.4 Å². The van der Waals surface area contributed by atoms with Crippen molar-refractivity contribution in [1.82, 2.24) is 4.98 Å². The van der Waals surface area contributed by atoms with Crippen LogP contribution in [0.3, 0.4) is 0 Å². The average Bonchev–Trinajstić information content (AvgIpc) is 1.82. The van der Waals surface area contributed by atoms with Crippen molar-refractivity contribution in [3.8, 4) is 0 Å². The zero-order chi connectivity index (χ0) is 7.72. The Morgan fingerprint density at radius 2 is 2.10 bits per heavy atom. The summed E-state index contributed by atoms with van der Waals surface area (Å²) >= 11 is 0. The van der Waals surface area contributed by atoms with E-state index in [9.17, 15) is 4.79 Å². The number of pyridine rings is 1. The van der Waals surface area contributed by atoms with Gasteiger partial charge in [0.2, 0.25) is 5.56 Å². The van der Waals surface area contributed by atoms with Crippen molar-refractivity contribution in [1.29, 1.82) is 0 Å². The van der Waals surface area contributed by atoms with E-state index in [4.69, 9.17) is 5.73 Å². The summed E-state index contributed by atoms with van der Waals surface area (Å²) in [6.07, 6.45) is 0. The Kier molecular flexibility index (Phi) is 1.49. The minimum Gasteiger partial charge on any atom is -0.397 e.